The van der Waals surface area contributed by atoms with Crippen molar-refractivity contribution in [1.29, 1.82) is 0 Å². The summed E-state index contributed by atoms with van der Waals surface area (Å²) >= 11 is 0. The Balaban J connectivity index is 3.20. The average Bonchev–Trinajstić information content (AvgIpc) is 2.43. The van der Waals surface area contributed by atoms with Gasteiger partial charge in [0, 0.05) is 6.07 Å². The number of nitro groups is 2. The molecule has 0 fully saturated rings. The van der Waals surface area contributed by atoms with Crippen LogP contribution < -0.4 is 5.32 Å². The lowest BCUT2D eigenvalue weighted by Crippen LogP contribution is -2.35. The summed E-state index contributed by atoms with van der Waals surface area (Å²) in [5.41, 5.74) is -1.01. The number of carbonyl (C=O) groups is 1. The van der Waals surface area contributed by atoms with Gasteiger partial charge in [-0.2, -0.15) is 0 Å². The van der Waals surface area contributed by atoms with Gasteiger partial charge in [0.25, 0.3) is 11.4 Å². The third-order valence-electron chi connectivity index (χ3n) is 3.18. The highest BCUT2D eigenvalue weighted by Gasteiger charge is 2.27. The van der Waals surface area contributed by atoms with E-state index >= 15 is 0 Å². The number of nitrogens with one attached hydrogen (secondary N) is 1. The summed E-state index contributed by atoms with van der Waals surface area (Å²) < 4.78 is 0. The molecule has 0 saturated heterocycles. The highest BCUT2D eigenvalue weighted by Crippen LogP contribution is 2.30. The molecule has 2 N–H and O–H groups in total. The van der Waals surface area contributed by atoms with Crippen LogP contribution >= 0.6 is 0 Å². The lowest BCUT2D eigenvalue weighted by Gasteiger charge is -2.21. The molecule has 2 atom stereocenters. The predicted molar refractivity (Wildman–Crippen MR) is 74.3 cm³/mol. The third-order valence-corrected chi connectivity index (χ3v) is 3.18. The van der Waals surface area contributed by atoms with Crippen LogP contribution in [0.2, 0.25) is 0 Å². The number of non-ortho nitro benzene ring substituents is 1. The van der Waals surface area contributed by atoms with Crippen molar-refractivity contribution in [2.45, 2.75) is 26.3 Å². The first kappa shape index (κ1) is 16.3. The van der Waals surface area contributed by atoms with E-state index in [-0.39, 0.29) is 11.6 Å². The summed E-state index contributed by atoms with van der Waals surface area (Å²) in [5, 5.41) is 33.4. The van der Waals surface area contributed by atoms with E-state index in [4.69, 9.17) is 5.11 Å². The van der Waals surface area contributed by atoms with Crippen LogP contribution in [0.4, 0.5) is 17.1 Å². The van der Waals surface area contributed by atoms with Gasteiger partial charge in [0.2, 0.25) is 0 Å². The molecule has 1 aromatic carbocycles. The zero-order valence-corrected chi connectivity index (χ0v) is 11.5. The number of rotatable bonds is 7. The van der Waals surface area contributed by atoms with E-state index < -0.39 is 33.2 Å². The fourth-order valence-corrected chi connectivity index (χ4v) is 1.76. The van der Waals surface area contributed by atoms with Gasteiger partial charge in [0.05, 0.1) is 15.9 Å². The number of hydrogen-bond acceptors (Lipinski definition) is 6. The van der Waals surface area contributed by atoms with Gasteiger partial charge in [-0.3, -0.25) is 20.2 Å². The van der Waals surface area contributed by atoms with E-state index in [1.165, 1.54) is 0 Å². The summed E-state index contributed by atoms with van der Waals surface area (Å²) in [6.45, 7) is 3.50. The fraction of sp³-hybridized carbons (Fsp3) is 0.417. The molecule has 0 heterocycles. The molecule has 0 bridgehead atoms. The van der Waals surface area contributed by atoms with Gasteiger partial charge >= 0.3 is 5.97 Å². The lowest BCUT2D eigenvalue weighted by molar-refractivity contribution is -0.393. The number of carboxylic acid groups (broad SMARTS) is 1. The van der Waals surface area contributed by atoms with Crippen molar-refractivity contribution >= 4 is 23.0 Å². The van der Waals surface area contributed by atoms with Crippen LogP contribution in [0.5, 0.6) is 0 Å². The molecule has 0 aromatic heterocycles. The van der Waals surface area contributed by atoms with Crippen molar-refractivity contribution in [3.8, 4) is 0 Å². The Morgan fingerprint density at radius 1 is 1.33 bits per heavy atom. The van der Waals surface area contributed by atoms with E-state index in [0.717, 1.165) is 18.2 Å². The zero-order valence-electron chi connectivity index (χ0n) is 11.5. The second-order valence-electron chi connectivity index (χ2n) is 4.56. The maximum absolute atomic E-state index is 11.2. The maximum Gasteiger partial charge on any atom is 0.326 e. The smallest absolute Gasteiger partial charge is 0.326 e. The molecule has 0 aliphatic rings. The Bertz CT molecular complexity index is 574. The Morgan fingerprint density at radius 2 is 1.95 bits per heavy atom. The van der Waals surface area contributed by atoms with E-state index in [2.05, 4.69) is 5.32 Å². The normalized spacial score (nSPS) is 13.2. The van der Waals surface area contributed by atoms with Gasteiger partial charge in [0.15, 0.2) is 0 Å². The minimum absolute atomic E-state index is 0.0571. The summed E-state index contributed by atoms with van der Waals surface area (Å²) in [6, 6.07) is 2.02. The first-order chi connectivity index (χ1) is 9.77. The average molecular weight is 297 g/mol. The molecular weight excluding hydrogens is 282 g/mol. The molecule has 9 nitrogen and oxygen atoms in total. The molecule has 9 heteroatoms. The molecule has 0 aliphatic carbocycles. The molecule has 0 radical (unpaired) electrons. The van der Waals surface area contributed by atoms with Gasteiger partial charge in [0.1, 0.15) is 11.7 Å². The molecule has 0 unspecified atom stereocenters. The zero-order chi connectivity index (χ0) is 16.2. The second kappa shape index (κ2) is 6.64. The van der Waals surface area contributed by atoms with Crippen molar-refractivity contribution in [2.75, 3.05) is 5.32 Å². The third kappa shape index (κ3) is 3.88. The van der Waals surface area contributed by atoms with Crippen LogP contribution in [0.1, 0.15) is 20.3 Å². The van der Waals surface area contributed by atoms with E-state index in [9.17, 15) is 25.0 Å². The first-order valence-corrected chi connectivity index (χ1v) is 6.20. The van der Waals surface area contributed by atoms with Crippen LogP contribution in [0.3, 0.4) is 0 Å². The predicted octanol–water partition coefficient (Wildman–Crippen LogP) is 2.41. The highest BCUT2D eigenvalue weighted by molar-refractivity contribution is 5.79. The largest absolute Gasteiger partial charge is 0.480 e. The highest BCUT2D eigenvalue weighted by atomic mass is 16.6. The SMILES string of the molecule is CC[C@H](C)[C@H](Nc1ccc([N+](=O)[O-])cc1[N+](=O)[O-])C(=O)O. The summed E-state index contributed by atoms with van der Waals surface area (Å²) in [4.78, 5) is 31.3. The lowest BCUT2D eigenvalue weighted by atomic mass is 9.99. The molecule has 1 aromatic rings. The molecule has 0 aliphatic heterocycles. The van der Waals surface area contributed by atoms with E-state index in [0.29, 0.717) is 6.42 Å². The number of carboxylic acids is 1. The van der Waals surface area contributed by atoms with Gasteiger partial charge < -0.3 is 10.4 Å². The van der Waals surface area contributed by atoms with Crippen LogP contribution in [-0.2, 0) is 4.79 Å². The second-order valence-corrected chi connectivity index (χ2v) is 4.56. The number of benzene rings is 1. The van der Waals surface area contributed by atoms with Gasteiger partial charge in [-0.1, -0.05) is 20.3 Å². The van der Waals surface area contributed by atoms with E-state index in [1.807, 2.05) is 0 Å². The van der Waals surface area contributed by atoms with Gasteiger partial charge in [-0.25, -0.2) is 4.79 Å². The van der Waals surface area contributed by atoms with Crippen LogP contribution in [0.15, 0.2) is 18.2 Å². The monoisotopic (exact) mass is 297 g/mol. The van der Waals surface area contributed by atoms with Crippen molar-refractivity contribution in [3.05, 3.63) is 38.4 Å². The number of hydrogen-bond donors (Lipinski definition) is 2. The molecule has 21 heavy (non-hydrogen) atoms. The minimum Gasteiger partial charge on any atom is -0.480 e. The first-order valence-electron chi connectivity index (χ1n) is 6.20. The van der Waals surface area contributed by atoms with Crippen LogP contribution in [0, 0.1) is 26.1 Å². The number of nitrogens with zero attached hydrogens (tertiary/aromatic N) is 2. The van der Waals surface area contributed by atoms with Crippen LogP contribution in [0.25, 0.3) is 0 Å². The minimum atomic E-state index is -1.14. The Labute approximate surface area is 119 Å². The van der Waals surface area contributed by atoms with Gasteiger partial charge in [-0.05, 0) is 12.0 Å². The molecule has 1 rings (SSSR count). The summed E-state index contributed by atoms with van der Waals surface area (Å²) in [6.07, 6.45) is 0.560. The van der Waals surface area contributed by atoms with Crippen LogP contribution in [-0.4, -0.2) is 27.0 Å². The Hall–Kier alpha value is -2.71. The molecule has 0 saturated carbocycles. The number of aliphatic carboxylic acids is 1. The Kier molecular flexibility index (Phi) is 5.17. The molecule has 0 amide bonds. The number of nitro benzene ring substituents is 2. The Morgan fingerprint density at radius 3 is 2.38 bits per heavy atom. The van der Waals surface area contributed by atoms with Crippen molar-refractivity contribution < 1.29 is 19.7 Å². The summed E-state index contributed by atoms with van der Waals surface area (Å²) in [5.74, 6) is -1.41. The van der Waals surface area contributed by atoms with Crippen molar-refractivity contribution in [1.82, 2.24) is 0 Å². The van der Waals surface area contributed by atoms with Gasteiger partial charge in [-0.15, -0.1) is 0 Å². The fourth-order valence-electron chi connectivity index (χ4n) is 1.76. The standard InChI is InChI=1S/C12H15N3O6/c1-3-7(2)11(12(16)17)13-9-5-4-8(14(18)19)6-10(9)15(20)21/h4-7,11,13H,3H2,1-2H3,(H,16,17)/t7-,11-/m0/s1. The van der Waals surface area contributed by atoms with Crippen molar-refractivity contribution in [2.24, 2.45) is 5.92 Å². The molecule has 114 valence electrons. The topological polar surface area (TPSA) is 136 Å². The van der Waals surface area contributed by atoms with Crippen molar-refractivity contribution in [3.63, 3.8) is 0 Å². The molecule has 0 spiro atoms. The van der Waals surface area contributed by atoms with E-state index in [1.54, 1.807) is 13.8 Å². The molecular formula is C12H15N3O6. The maximum atomic E-state index is 11.2. The quantitative estimate of drug-likeness (QED) is 0.582. The number of anilines is 1. The summed E-state index contributed by atoms with van der Waals surface area (Å²) in [7, 11) is 0.